The highest BCUT2D eigenvalue weighted by atomic mass is 16.5. The molecule has 0 aliphatic heterocycles. The first kappa shape index (κ1) is 21.1. The van der Waals surface area contributed by atoms with Crippen molar-refractivity contribution in [2.24, 2.45) is 14.1 Å². The molecule has 0 N–H and O–H groups in total. The Labute approximate surface area is 183 Å². The lowest BCUT2D eigenvalue weighted by molar-refractivity contribution is 0.0600. The summed E-state index contributed by atoms with van der Waals surface area (Å²) in [5.74, 6) is -0.0398. The van der Waals surface area contributed by atoms with Gasteiger partial charge in [-0.1, -0.05) is 29.8 Å². The van der Waals surface area contributed by atoms with E-state index in [-0.39, 0.29) is 17.2 Å². The molecular weight excluding hydrogens is 412 g/mol. The van der Waals surface area contributed by atoms with E-state index in [1.807, 2.05) is 31.2 Å². The number of nitrogens with zero attached hydrogens (tertiary/aromatic N) is 4. The number of imidazole rings is 1. The fraction of sp³-hybridized carbons (Fsp3) is 0.217. The third-order valence-electron chi connectivity index (χ3n) is 5.22. The summed E-state index contributed by atoms with van der Waals surface area (Å²) in [6.07, 6.45) is 0. The standard InChI is InChI=1S/C23H22N4O5/c1-14-6-5-7-15(12-14)13-27-18-19(25(2)23(30)26(3)20(18)28)24-22(27)32-17-10-8-16(9-11-17)21(29)31-4/h5-12H,13H2,1-4H3. The van der Waals surface area contributed by atoms with Crippen molar-refractivity contribution in [3.63, 3.8) is 0 Å². The van der Waals surface area contributed by atoms with Gasteiger partial charge in [-0.15, -0.1) is 0 Å². The van der Waals surface area contributed by atoms with Crippen LogP contribution in [0.25, 0.3) is 11.2 Å². The zero-order valence-electron chi connectivity index (χ0n) is 18.2. The van der Waals surface area contributed by atoms with Crippen LogP contribution in [0.2, 0.25) is 0 Å². The summed E-state index contributed by atoms with van der Waals surface area (Å²) in [5.41, 5.74) is 1.96. The maximum absolute atomic E-state index is 13.0. The fourth-order valence-corrected chi connectivity index (χ4v) is 3.53. The highest BCUT2D eigenvalue weighted by Gasteiger charge is 2.21. The molecule has 4 aromatic rings. The van der Waals surface area contributed by atoms with Crippen LogP contribution in [0.5, 0.6) is 11.8 Å². The maximum atomic E-state index is 13.0. The van der Waals surface area contributed by atoms with Crippen LogP contribution >= 0.6 is 0 Å². The van der Waals surface area contributed by atoms with E-state index in [9.17, 15) is 14.4 Å². The van der Waals surface area contributed by atoms with Crippen molar-refractivity contribution in [3.8, 4) is 11.8 Å². The zero-order valence-corrected chi connectivity index (χ0v) is 18.2. The Hall–Kier alpha value is -4.14. The molecule has 9 heteroatoms. The van der Waals surface area contributed by atoms with E-state index in [0.29, 0.717) is 17.9 Å². The predicted molar refractivity (Wildman–Crippen MR) is 118 cm³/mol. The molecule has 0 aliphatic rings. The number of methoxy groups -OCH3 is 1. The van der Waals surface area contributed by atoms with E-state index < -0.39 is 17.2 Å². The first-order chi connectivity index (χ1) is 15.3. The molecule has 0 atom stereocenters. The molecular formula is C23H22N4O5. The first-order valence-corrected chi connectivity index (χ1v) is 9.88. The molecule has 0 bridgehead atoms. The third-order valence-corrected chi connectivity index (χ3v) is 5.22. The number of benzene rings is 2. The molecule has 2 heterocycles. The Bertz CT molecular complexity index is 1440. The van der Waals surface area contributed by atoms with Gasteiger partial charge in [0.05, 0.1) is 19.2 Å². The molecule has 0 fully saturated rings. The van der Waals surface area contributed by atoms with Gasteiger partial charge in [0, 0.05) is 14.1 Å². The van der Waals surface area contributed by atoms with Crippen molar-refractivity contribution in [2.45, 2.75) is 13.5 Å². The van der Waals surface area contributed by atoms with E-state index >= 15 is 0 Å². The summed E-state index contributed by atoms with van der Waals surface area (Å²) in [6, 6.07) is 14.4. The van der Waals surface area contributed by atoms with E-state index in [1.165, 1.54) is 18.7 Å². The molecule has 32 heavy (non-hydrogen) atoms. The minimum absolute atomic E-state index is 0.158. The van der Waals surface area contributed by atoms with Gasteiger partial charge < -0.3 is 9.47 Å². The molecule has 2 aromatic heterocycles. The van der Waals surface area contributed by atoms with Crippen molar-refractivity contribution < 1.29 is 14.3 Å². The Balaban J connectivity index is 1.86. The molecule has 2 aromatic carbocycles. The highest BCUT2D eigenvalue weighted by Crippen LogP contribution is 2.25. The third kappa shape index (κ3) is 3.68. The monoisotopic (exact) mass is 434 g/mol. The average Bonchev–Trinajstić information content (AvgIpc) is 3.14. The molecule has 0 saturated carbocycles. The van der Waals surface area contributed by atoms with Crippen LogP contribution in [0.1, 0.15) is 21.5 Å². The number of ether oxygens (including phenoxy) is 2. The van der Waals surface area contributed by atoms with Crippen LogP contribution in [0.3, 0.4) is 0 Å². The summed E-state index contributed by atoms with van der Waals surface area (Å²) in [7, 11) is 4.30. The van der Waals surface area contributed by atoms with Gasteiger partial charge >= 0.3 is 17.7 Å². The lowest BCUT2D eigenvalue weighted by Crippen LogP contribution is -2.37. The van der Waals surface area contributed by atoms with Crippen molar-refractivity contribution in [2.75, 3.05) is 7.11 Å². The number of esters is 1. The van der Waals surface area contributed by atoms with E-state index in [1.54, 1.807) is 35.9 Å². The van der Waals surface area contributed by atoms with Gasteiger partial charge in [0.1, 0.15) is 5.75 Å². The Kier molecular flexibility index (Phi) is 5.40. The van der Waals surface area contributed by atoms with Crippen molar-refractivity contribution in [3.05, 3.63) is 86.1 Å². The summed E-state index contributed by atoms with van der Waals surface area (Å²) in [5, 5.41) is 0. The summed E-state index contributed by atoms with van der Waals surface area (Å²) in [6.45, 7) is 2.31. The van der Waals surface area contributed by atoms with Crippen LogP contribution in [0.4, 0.5) is 0 Å². The molecule has 0 spiro atoms. The zero-order chi connectivity index (χ0) is 23.0. The molecule has 164 valence electrons. The number of hydrogen-bond acceptors (Lipinski definition) is 6. The summed E-state index contributed by atoms with van der Waals surface area (Å²) >= 11 is 0. The number of carbonyl (C=O) groups is 1. The Morgan fingerprint density at radius 1 is 1.03 bits per heavy atom. The smallest absolute Gasteiger partial charge is 0.337 e. The minimum atomic E-state index is -0.475. The number of fused-ring (bicyclic) bond motifs is 1. The number of hydrogen-bond donors (Lipinski definition) is 0. The van der Waals surface area contributed by atoms with Gasteiger partial charge in [-0.25, -0.2) is 9.59 Å². The van der Waals surface area contributed by atoms with Crippen molar-refractivity contribution in [1.82, 2.24) is 18.7 Å². The maximum Gasteiger partial charge on any atom is 0.337 e. The van der Waals surface area contributed by atoms with Gasteiger partial charge in [0.15, 0.2) is 11.2 Å². The largest absolute Gasteiger partial charge is 0.465 e. The predicted octanol–water partition coefficient (Wildman–Crippen LogP) is 2.37. The number of rotatable bonds is 5. The average molecular weight is 434 g/mol. The van der Waals surface area contributed by atoms with Crippen molar-refractivity contribution >= 4 is 17.1 Å². The van der Waals surface area contributed by atoms with Gasteiger partial charge in [0.2, 0.25) is 0 Å². The van der Waals surface area contributed by atoms with Crippen LogP contribution in [0, 0.1) is 6.92 Å². The van der Waals surface area contributed by atoms with Crippen LogP contribution in [0.15, 0.2) is 58.1 Å². The molecule has 0 aliphatic carbocycles. The van der Waals surface area contributed by atoms with Gasteiger partial charge in [-0.05, 0) is 36.8 Å². The lowest BCUT2D eigenvalue weighted by Gasteiger charge is -2.11. The SMILES string of the molecule is COC(=O)c1ccc(Oc2nc3c(c(=O)n(C)c(=O)n3C)n2Cc2cccc(C)c2)cc1. The molecule has 0 amide bonds. The molecule has 9 nitrogen and oxygen atoms in total. The Morgan fingerprint density at radius 2 is 1.75 bits per heavy atom. The lowest BCUT2D eigenvalue weighted by atomic mass is 10.1. The minimum Gasteiger partial charge on any atom is -0.465 e. The van der Waals surface area contributed by atoms with Gasteiger partial charge in [-0.2, -0.15) is 4.98 Å². The van der Waals surface area contributed by atoms with Crippen LogP contribution in [-0.2, 0) is 25.4 Å². The molecule has 0 unspecified atom stereocenters. The molecule has 4 rings (SSSR count). The number of aryl methyl sites for hydroxylation is 2. The second-order valence-electron chi connectivity index (χ2n) is 7.47. The quantitative estimate of drug-likeness (QED) is 0.448. The van der Waals surface area contributed by atoms with E-state index in [0.717, 1.165) is 15.7 Å². The Morgan fingerprint density at radius 3 is 2.41 bits per heavy atom. The van der Waals surface area contributed by atoms with Gasteiger partial charge in [0.25, 0.3) is 5.56 Å². The van der Waals surface area contributed by atoms with E-state index in [4.69, 9.17) is 9.47 Å². The number of carbonyl (C=O) groups excluding carboxylic acids is 1. The van der Waals surface area contributed by atoms with Crippen LogP contribution in [-0.4, -0.2) is 31.8 Å². The van der Waals surface area contributed by atoms with Crippen molar-refractivity contribution in [1.29, 1.82) is 0 Å². The molecule has 0 radical (unpaired) electrons. The van der Waals surface area contributed by atoms with E-state index in [2.05, 4.69) is 4.98 Å². The number of aromatic nitrogens is 4. The summed E-state index contributed by atoms with van der Waals surface area (Å²) < 4.78 is 14.7. The normalized spacial score (nSPS) is 11.0. The fourth-order valence-electron chi connectivity index (χ4n) is 3.53. The topological polar surface area (TPSA) is 97.4 Å². The molecule has 0 saturated heterocycles. The first-order valence-electron chi connectivity index (χ1n) is 9.88. The van der Waals surface area contributed by atoms with Gasteiger partial charge in [-0.3, -0.25) is 18.5 Å². The summed E-state index contributed by atoms with van der Waals surface area (Å²) in [4.78, 5) is 41.5. The second kappa shape index (κ2) is 8.18. The second-order valence-corrected chi connectivity index (χ2v) is 7.47. The van der Waals surface area contributed by atoms with Crippen LogP contribution < -0.4 is 16.0 Å². The highest BCUT2D eigenvalue weighted by molar-refractivity contribution is 5.89.